The van der Waals surface area contributed by atoms with Crippen LogP contribution in [0.25, 0.3) is 0 Å². The summed E-state index contributed by atoms with van der Waals surface area (Å²) in [6.45, 7) is 5.83. The van der Waals surface area contributed by atoms with Crippen LogP contribution in [-0.4, -0.2) is 29.6 Å². The van der Waals surface area contributed by atoms with E-state index >= 15 is 0 Å². The summed E-state index contributed by atoms with van der Waals surface area (Å²) in [5.74, 6) is 0. The SMILES string of the molecule is CCN(C1CC2CCC(C1)N2)C(C)c1ccccc1. The molecule has 0 aliphatic carbocycles. The van der Waals surface area contributed by atoms with Gasteiger partial charge in [0.15, 0.2) is 0 Å². The minimum atomic E-state index is 0.536. The van der Waals surface area contributed by atoms with Crippen LogP contribution in [-0.2, 0) is 0 Å². The molecule has 3 rings (SSSR count). The number of hydrogen-bond donors (Lipinski definition) is 1. The highest BCUT2D eigenvalue weighted by Gasteiger charge is 2.36. The number of hydrogen-bond acceptors (Lipinski definition) is 2. The summed E-state index contributed by atoms with van der Waals surface area (Å²) in [5, 5.41) is 3.75. The smallest absolute Gasteiger partial charge is 0.0322 e. The molecule has 3 atom stereocenters. The van der Waals surface area contributed by atoms with Crippen molar-refractivity contribution >= 4 is 0 Å². The Morgan fingerprint density at radius 1 is 1.16 bits per heavy atom. The molecule has 0 radical (unpaired) electrons. The Labute approximate surface area is 117 Å². The van der Waals surface area contributed by atoms with Crippen LogP contribution >= 0.6 is 0 Å². The molecule has 1 N–H and O–H groups in total. The zero-order valence-electron chi connectivity index (χ0n) is 12.2. The van der Waals surface area contributed by atoms with Crippen molar-refractivity contribution in [3.63, 3.8) is 0 Å². The Kier molecular flexibility index (Phi) is 3.90. The molecular formula is C17H26N2. The van der Waals surface area contributed by atoms with Crippen LogP contribution < -0.4 is 5.32 Å². The third-order valence-electron chi connectivity index (χ3n) is 5.06. The Morgan fingerprint density at radius 2 is 1.79 bits per heavy atom. The number of nitrogens with one attached hydrogen (secondary N) is 1. The molecular weight excluding hydrogens is 232 g/mol. The van der Waals surface area contributed by atoms with Crippen molar-refractivity contribution < 1.29 is 0 Å². The van der Waals surface area contributed by atoms with E-state index < -0.39 is 0 Å². The second-order valence-corrected chi connectivity index (χ2v) is 6.18. The average molecular weight is 258 g/mol. The summed E-state index contributed by atoms with van der Waals surface area (Å²) in [5.41, 5.74) is 1.45. The molecule has 2 bridgehead atoms. The molecule has 1 aromatic rings. The van der Waals surface area contributed by atoms with Gasteiger partial charge < -0.3 is 5.32 Å². The summed E-state index contributed by atoms with van der Waals surface area (Å²) in [4.78, 5) is 2.71. The van der Waals surface area contributed by atoms with Crippen LogP contribution in [0, 0.1) is 0 Å². The largest absolute Gasteiger partial charge is 0.311 e. The van der Waals surface area contributed by atoms with E-state index in [0.29, 0.717) is 6.04 Å². The summed E-state index contributed by atoms with van der Waals surface area (Å²) in [7, 11) is 0. The van der Waals surface area contributed by atoms with E-state index in [-0.39, 0.29) is 0 Å². The van der Waals surface area contributed by atoms with Crippen molar-refractivity contribution in [1.29, 1.82) is 0 Å². The minimum Gasteiger partial charge on any atom is -0.311 e. The zero-order valence-corrected chi connectivity index (χ0v) is 12.2. The van der Waals surface area contributed by atoms with Crippen molar-refractivity contribution in [3.8, 4) is 0 Å². The highest BCUT2D eigenvalue weighted by molar-refractivity contribution is 5.18. The molecule has 2 aliphatic heterocycles. The molecule has 1 aromatic carbocycles. The summed E-state index contributed by atoms with van der Waals surface area (Å²) >= 11 is 0. The van der Waals surface area contributed by atoms with Gasteiger partial charge in [-0.3, -0.25) is 4.90 Å². The summed E-state index contributed by atoms with van der Waals surface area (Å²) in [6, 6.07) is 13.8. The van der Waals surface area contributed by atoms with Gasteiger partial charge in [0.05, 0.1) is 0 Å². The number of rotatable bonds is 4. The van der Waals surface area contributed by atoms with Crippen LogP contribution in [0.15, 0.2) is 30.3 Å². The van der Waals surface area contributed by atoms with E-state index in [1.54, 1.807) is 0 Å². The van der Waals surface area contributed by atoms with Gasteiger partial charge in [-0.2, -0.15) is 0 Å². The van der Waals surface area contributed by atoms with Crippen molar-refractivity contribution in [2.45, 2.75) is 63.7 Å². The zero-order chi connectivity index (χ0) is 13.2. The Morgan fingerprint density at radius 3 is 2.37 bits per heavy atom. The van der Waals surface area contributed by atoms with E-state index in [9.17, 15) is 0 Å². The molecule has 0 aromatic heterocycles. The Bertz CT molecular complexity index is 391. The van der Waals surface area contributed by atoms with Gasteiger partial charge in [0, 0.05) is 24.2 Å². The number of benzene rings is 1. The molecule has 19 heavy (non-hydrogen) atoms. The second-order valence-electron chi connectivity index (χ2n) is 6.18. The molecule has 2 nitrogen and oxygen atoms in total. The third kappa shape index (κ3) is 2.70. The van der Waals surface area contributed by atoms with Crippen LogP contribution in [0.5, 0.6) is 0 Å². The van der Waals surface area contributed by atoms with Crippen molar-refractivity contribution in [2.24, 2.45) is 0 Å². The van der Waals surface area contributed by atoms with E-state index in [0.717, 1.165) is 24.7 Å². The lowest BCUT2D eigenvalue weighted by Crippen LogP contribution is -2.48. The fourth-order valence-corrected chi connectivity index (χ4v) is 4.07. The monoisotopic (exact) mass is 258 g/mol. The molecule has 2 heterocycles. The molecule has 2 fully saturated rings. The van der Waals surface area contributed by atoms with E-state index in [2.05, 4.69) is 54.4 Å². The number of nitrogens with zero attached hydrogens (tertiary/aromatic N) is 1. The van der Waals surface area contributed by atoms with Gasteiger partial charge in [-0.1, -0.05) is 37.3 Å². The topological polar surface area (TPSA) is 15.3 Å². The first-order valence-electron chi connectivity index (χ1n) is 7.84. The summed E-state index contributed by atoms with van der Waals surface area (Å²) in [6.07, 6.45) is 5.44. The standard InChI is InChI=1S/C17H26N2/c1-3-19(13(2)14-7-5-4-6-8-14)17-11-15-9-10-16(12-17)18-15/h4-8,13,15-18H,3,9-12H2,1-2H3. The molecule has 0 saturated carbocycles. The fourth-order valence-electron chi connectivity index (χ4n) is 4.07. The van der Waals surface area contributed by atoms with Gasteiger partial charge in [-0.25, -0.2) is 0 Å². The van der Waals surface area contributed by atoms with Crippen LogP contribution in [0.2, 0.25) is 0 Å². The minimum absolute atomic E-state index is 0.536. The van der Waals surface area contributed by atoms with Gasteiger partial charge >= 0.3 is 0 Å². The molecule has 0 spiro atoms. The lowest BCUT2D eigenvalue weighted by atomic mass is 9.95. The van der Waals surface area contributed by atoms with Gasteiger partial charge in [0.1, 0.15) is 0 Å². The first-order valence-corrected chi connectivity index (χ1v) is 7.84. The van der Waals surface area contributed by atoms with Crippen molar-refractivity contribution in [1.82, 2.24) is 10.2 Å². The predicted octanol–water partition coefficient (Wildman–Crippen LogP) is 3.35. The molecule has 2 saturated heterocycles. The molecule has 0 amide bonds. The second kappa shape index (κ2) is 5.64. The molecule has 104 valence electrons. The van der Waals surface area contributed by atoms with Gasteiger partial charge in [-0.15, -0.1) is 0 Å². The van der Waals surface area contributed by atoms with Crippen molar-refractivity contribution in [2.75, 3.05) is 6.54 Å². The first-order chi connectivity index (χ1) is 9.28. The number of fused-ring (bicyclic) bond motifs is 2. The van der Waals surface area contributed by atoms with Crippen LogP contribution in [0.3, 0.4) is 0 Å². The highest BCUT2D eigenvalue weighted by atomic mass is 15.2. The van der Waals surface area contributed by atoms with Gasteiger partial charge in [-0.05, 0) is 44.7 Å². The Hall–Kier alpha value is -0.860. The maximum absolute atomic E-state index is 3.75. The normalized spacial score (nSPS) is 31.6. The highest BCUT2D eigenvalue weighted by Crippen LogP contribution is 2.33. The molecule has 2 heteroatoms. The third-order valence-corrected chi connectivity index (χ3v) is 5.06. The lowest BCUT2D eigenvalue weighted by molar-refractivity contribution is 0.108. The van der Waals surface area contributed by atoms with Crippen LogP contribution in [0.4, 0.5) is 0 Å². The maximum Gasteiger partial charge on any atom is 0.0322 e. The number of piperidine rings is 1. The van der Waals surface area contributed by atoms with Crippen LogP contribution in [0.1, 0.15) is 51.1 Å². The first kappa shape index (κ1) is 13.1. The Balaban J connectivity index is 1.73. The summed E-state index contributed by atoms with van der Waals surface area (Å²) < 4.78 is 0. The van der Waals surface area contributed by atoms with Gasteiger partial charge in [0.25, 0.3) is 0 Å². The predicted molar refractivity (Wildman–Crippen MR) is 80.2 cm³/mol. The lowest BCUT2D eigenvalue weighted by Gasteiger charge is -2.40. The van der Waals surface area contributed by atoms with Crippen molar-refractivity contribution in [3.05, 3.63) is 35.9 Å². The van der Waals surface area contributed by atoms with E-state index in [1.807, 2.05) is 0 Å². The molecule has 3 unspecified atom stereocenters. The van der Waals surface area contributed by atoms with E-state index in [4.69, 9.17) is 0 Å². The maximum atomic E-state index is 3.75. The quantitative estimate of drug-likeness (QED) is 0.891. The fraction of sp³-hybridized carbons (Fsp3) is 0.647. The average Bonchev–Trinajstić information content (AvgIpc) is 2.79. The van der Waals surface area contributed by atoms with E-state index in [1.165, 1.54) is 31.2 Å². The van der Waals surface area contributed by atoms with Gasteiger partial charge in [0.2, 0.25) is 0 Å². The molecule has 2 aliphatic rings.